The summed E-state index contributed by atoms with van der Waals surface area (Å²) < 4.78 is 31.8. The lowest BCUT2D eigenvalue weighted by molar-refractivity contribution is -0.137. The standard InChI is InChI=1S/C21H27NO6S/c1-3-4-13-26-18-10-8-17(9-11-18)22-29(25)28-19-12-7-16(2)15-20(19)27-14-5-6-21(23)24/h7-12,15,22H,3-6,13-14H2,1-2H3,(H,23,24). The number of carboxylic acid groups (broad SMARTS) is 1. The Morgan fingerprint density at radius 2 is 1.76 bits per heavy atom. The van der Waals surface area contributed by atoms with Gasteiger partial charge in [0.25, 0.3) is 0 Å². The van der Waals surface area contributed by atoms with Crippen molar-refractivity contribution in [3.8, 4) is 17.2 Å². The van der Waals surface area contributed by atoms with Crippen LogP contribution in [0.4, 0.5) is 5.69 Å². The number of carboxylic acids is 1. The molecule has 158 valence electrons. The van der Waals surface area contributed by atoms with Gasteiger partial charge in [-0.15, -0.1) is 0 Å². The molecule has 0 heterocycles. The lowest BCUT2D eigenvalue weighted by Crippen LogP contribution is -2.12. The summed E-state index contributed by atoms with van der Waals surface area (Å²) in [6.07, 6.45) is 2.46. The summed E-state index contributed by atoms with van der Waals surface area (Å²) >= 11 is -1.83. The highest BCUT2D eigenvalue weighted by molar-refractivity contribution is 7.82. The molecule has 0 aromatic heterocycles. The van der Waals surface area contributed by atoms with Crippen LogP contribution in [0.15, 0.2) is 42.5 Å². The molecule has 1 unspecified atom stereocenters. The Balaban J connectivity index is 1.91. The maximum atomic E-state index is 12.3. The predicted octanol–water partition coefficient (Wildman–Crippen LogP) is 4.49. The van der Waals surface area contributed by atoms with Crippen molar-refractivity contribution in [3.63, 3.8) is 0 Å². The maximum Gasteiger partial charge on any atom is 0.316 e. The zero-order chi connectivity index (χ0) is 21.1. The van der Waals surface area contributed by atoms with E-state index in [4.69, 9.17) is 18.8 Å². The highest BCUT2D eigenvalue weighted by atomic mass is 32.2. The summed E-state index contributed by atoms with van der Waals surface area (Å²) in [6.45, 7) is 4.89. The van der Waals surface area contributed by atoms with E-state index in [2.05, 4.69) is 11.6 Å². The second-order valence-corrected chi connectivity index (χ2v) is 7.28. The van der Waals surface area contributed by atoms with Crippen molar-refractivity contribution in [3.05, 3.63) is 48.0 Å². The molecule has 0 bridgehead atoms. The van der Waals surface area contributed by atoms with E-state index in [0.717, 1.165) is 24.2 Å². The van der Waals surface area contributed by atoms with Crippen molar-refractivity contribution in [1.82, 2.24) is 0 Å². The minimum atomic E-state index is -1.83. The van der Waals surface area contributed by atoms with Gasteiger partial charge in [-0.1, -0.05) is 19.4 Å². The van der Waals surface area contributed by atoms with Gasteiger partial charge < -0.3 is 18.8 Å². The molecule has 0 aliphatic heterocycles. The molecule has 0 saturated carbocycles. The van der Waals surface area contributed by atoms with Crippen molar-refractivity contribution >= 4 is 22.9 Å². The third kappa shape index (κ3) is 8.43. The summed E-state index contributed by atoms with van der Waals surface area (Å²) in [5, 5.41) is 8.70. The molecule has 0 aliphatic carbocycles. The molecule has 2 N–H and O–H groups in total. The monoisotopic (exact) mass is 421 g/mol. The molecule has 2 aromatic rings. The van der Waals surface area contributed by atoms with Gasteiger partial charge in [-0.3, -0.25) is 9.52 Å². The van der Waals surface area contributed by atoms with Gasteiger partial charge in [-0.2, -0.15) is 4.21 Å². The Labute approximate surface area is 173 Å². The quantitative estimate of drug-likeness (QED) is 0.463. The van der Waals surface area contributed by atoms with Crippen LogP contribution in [0.25, 0.3) is 0 Å². The highest BCUT2D eigenvalue weighted by Gasteiger charge is 2.11. The number of hydrogen-bond acceptors (Lipinski definition) is 5. The molecule has 0 fully saturated rings. The summed E-state index contributed by atoms with van der Waals surface area (Å²) in [7, 11) is 0. The van der Waals surface area contributed by atoms with Crippen molar-refractivity contribution in [2.45, 2.75) is 39.5 Å². The van der Waals surface area contributed by atoms with Gasteiger partial charge in [0.15, 0.2) is 11.5 Å². The summed E-state index contributed by atoms with van der Waals surface area (Å²) in [4.78, 5) is 10.6. The van der Waals surface area contributed by atoms with E-state index in [-0.39, 0.29) is 13.0 Å². The van der Waals surface area contributed by atoms with Gasteiger partial charge in [0.2, 0.25) is 0 Å². The minimum Gasteiger partial charge on any atom is -0.494 e. The molecule has 0 amide bonds. The number of hydrogen-bond donors (Lipinski definition) is 2. The number of aliphatic carboxylic acids is 1. The van der Waals surface area contributed by atoms with Crippen LogP contribution in [0.5, 0.6) is 17.2 Å². The van der Waals surface area contributed by atoms with E-state index in [1.54, 1.807) is 36.4 Å². The predicted molar refractivity (Wildman–Crippen MR) is 113 cm³/mol. The first-order valence-electron chi connectivity index (χ1n) is 9.52. The van der Waals surface area contributed by atoms with E-state index < -0.39 is 17.2 Å². The van der Waals surface area contributed by atoms with Crippen LogP contribution in [0.3, 0.4) is 0 Å². The van der Waals surface area contributed by atoms with Crippen molar-refractivity contribution in [1.29, 1.82) is 0 Å². The molecule has 2 rings (SSSR count). The van der Waals surface area contributed by atoms with Crippen LogP contribution in [0.1, 0.15) is 38.2 Å². The Hall–Kier alpha value is -2.74. The fourth-order valence-electron chi connectivity index (χ4n) is 2.35. The Kier molecular flexibility index (Phi) is 9.30. The molecular weight excluding hydrogens is 394 g/mol. The molecule has 8 heteroatoms. The maximum absolute atomic E-state index is 12.3. The Morgan fingerprint density at radius 3 is 2.45 bits per heavy atom. The molecule has 0 aliphatic rings. The number of rotatable bonds is 13. The summed E-state index contributed by atoms with van der Waals surface area (Å²) in [6, 6.07) is 12.4. The zero-order valence-electron chi connectivity index (χ0n) is 16.7. The minimum absolute atomic E-state index is 0.0215. The normalized spacial score (nSPS) is 11.5. The highest BCUT2D eigenvalue weighted by Crippen LogP contribution is 2.29. The second-order valence-electron chi connectivity index (χ2n) is 6.44. The van der Waals surface area contributed by atoms with Gasteiger partial charge in [-0.25, -0.2) is 0 Å². The van der Waals surface area contributed by atoms with Gasteiger partial charge in [0, 0.05) is 12.1 Å². The van der Waals surface area contributed by atoms with E-state index in [9.17, 15) is 9.00 Å². The first-order valence-corrected chi connectivity index (χ1v) is 10.6. The number of unbranched alkanes of at least 4 members (excludes halogenated alkanes) is 1. The Morgan fingerprint density at radius 1 is 1.03 bits per heavy atom. The average Bonchev–Trinajstić information content (AvgIpc) is 2.68. The van der Waals surface area contributed by atoms with Crippen LogP contribution in [0.2, 0.25) is 0 Å². The fraction of sp³-hybridized carbons (Fsp3) is 0.381. The first kappa shape index (κ1) is 22.5. The molecule has 0 saturated heterocycles. The number of benzene rings is 2. The van der Waals surface area contributed by atoms with Crippen LogP contribution < -0.4 is 18.4 Å². The van der Waals surface area contributed by atoms with E-state index in [0.29, 0.717) is 30.2 Å². The molecule has 0 radical (unpaired) electrons. The van der Waals surface area contributed by atoms with Gasteiger partial charge >= 0.3 is 17.2 Å². The lowest BCUT2D eigenvalue weighted by atomic mass is 10.2. The van der Waals surface area contributed by atoms with E-state index >= 15 is 0 Å². The number of ether oxygens (including phenoxy) is 2. The molecule has 0 spiro atoms. The van der Waals surface area contributed by atoms with E-state index in [1.165, 1.54) is 0 Å². The van der Waals surface area contributed by atoms with Crippen molar-refractivity contribution < 1.29 is 27.8 Å². The fourth-order valence-corrected chi connectivity index (χ4v) is 3.03. The number of carbonyl (C=O) groups is 1. The van der Waals surface area contributed by atoms with Gasteiger partial charge in [0.1, 0.15) is 5.75 Å². The van der Waals surface area contributed by atoms with Gasteiger partial charge in [-0.05, 0) is 61.7 Å². The molecule has 2 aromatic carbocycles. The van der Waals surface area contributed by atoms with E-state index in [1.807, 2.05) is 13.0 Å². The van der Waals surface area contributed by atoms with Crippen LogP contribution in [-0.4, -0.2) is 28.5 Å². The number of anilines is 1. The largest absolute Gasteiger partial charge is 0.494 e. The zero-order valence-corrected chi connectivity index (χ0v) is 17.5. The average molecular weight is 422 g/mol. The van der Waals surface area contributed by atoms with Crippen LogP contribution in [-0.2, 0) is 16.1 Å². The smallest absolute Gasteiger partial charge is 0.316 e. The van der Waals surface area contributed by atoms with Crippen molar-refractivity contribution in [2.24, 2.45) is 0 Å². The number of aryl methyl sites for hydroxylation is 1. The third-order valence-corrected chi connectivity index (χ3v) is 4.61. The molecule has 1 atom stereocenters. The van der Waals surface area contributed by atoms with Gasteiger partial charge in [0.05, 0.1) is 13.2 Å². The third-order valence-electron chi connectivity index (χ3n) is 3.88. The summed E-state index contributed by atoms with van der Waals surface area (Å²) in [5.41, 5.74) is 1.57. The second kappa shape index (κ2) is 12.0. The summed E-state index contributed by atoms with van der Waals surface area (Å²) in [5.74, 6) is 0.620. The Bertz CT molecular complexity index is 809. The number of nitrogens with one attached hydrogen (secondary N) is 1. The van der Waals surface area contributed by atoms with Crippen LogP contribution >= 0.6 is 0 Å². The molecule has 29 heavy (non-hydrogen) atoms. The molecular formula is C21H27NO6S. The molecule has 7 nitrogen and oxygen atoms in total. The SMILES string of the molecule is CCCCOc1ccc(NS(=O)Oc2ccc(C)cc2OCCCC(=O)O)cc1. The lowest BCUT2D eigenvalue weighted by Gasteiger charge is -2.13. The van der Waals surface area contributed by atoms with Crippen molar-refractivity contribution in [2.75, 3.05) is 17.9 Å². The first-order chi connectivity index (χ1) is 14.0. The van der Waals surface area contributed by atoms with Crippen LogP contribution in [0, 0.1) is 6.92 Å². The topological polar surface area (TPSA) is 94.1 Å².